The molecule has 0 saturated carbocycles. The minimum atomic E-state index is -4.61. The van der Waals surface area contributed by atoms with Crippen molar-refractivity contribution >= 4 is 11.6 Å². The van der Waals surface area contributed by atoms with Crippen molar-refractivity contribution in [3.63, 3.8) is 0 Å². The summed E-state index contributed by atoms with van der Waals surface area (Å²) >= 11 is 0. The number of hydrogen-bond donors (Lipinski definition) is 1. The number of methoxy groups -OCH3 is 1. The van der Waals surface area contributed by atoms with Crippen molar-refractivity contribution in [2.75, 3.05) is 39.3 Å². The van der Waals surface area contributed by atoms with Crippen LogP contribution >= 0.6 is 0 Å². The summed E-state index contributed by atoms with van der Waals surface area (Å²) in [4.78, 5) is 31.1. The molecule has 0 unspecified atom stereocenters. The predicted molar refractivity (Wildman–Crippen MR) is 182 cm³/mol. The number of alkyl halides is 3. The molecule has 2 aromatic heterocycles. The van der Waals surface area contributed by atoms with Crippen LogP contribution in [0.15, 0.2) is 96.2 Å². The van der Waals surface area contributed by atoms with Crippen LogP contribution < -0.4 is 20.6 Å². The highest BCUT2D eigenvalue weighted by Crippen LogP contribution is 2.35. The van der Waals surface area contributed by atoms with Crippen LogP contribution in [-0.4, -0.2) is 61.2 Å². The Labute approximate surface area is 290 Å². The monoisotopic (exact) mass is 703 g/mol. The van der Waals surface area contributed by atoms with Crippen molar-refractivity contribution in [1.29, 1.82) is 0 Å². The van der Waals surface area contributed by atoms with Gasteiger partial charge in [-0.2, -0.15) is 13.2 Å². The molecule has 264 valence electrons. The van der Waals surface area contributed by atoms with Gasteiger partial charge >= 0.3 is 6.18 Å². The van der Waals surface area contributed by atoms with Crippen LogP contribution in [0.5, 0.6) is 11.5 Å². The van der Waals surface area contributed by atoms with Gasteiger partial charge in [0.15, 0.2) is 22.7 Å². The van der Waals surface area contributed by atoms with E-state index >= 15 is 0 Å². The maximum absolute atomic E-state index is 13.5. The highest BCUT2D eigenvalue weighted by atomic mass is 19.4. The van der Waals surface area contributed by atoms with Crippen LogP contribution in [0, 0.1) is 5.82 Å². The molecule has 1 fully saturated rings. The SMILES string of the molecule is COc1cc(-c2cnc(N)c(-c3ccc(CC(=O)c4cn(CC(F)(F)F)cc(-c5ccc(F)cc5)c4=O)cc3)c2)ccc1OC[C@H]1COCCO1. The molecule has 13 heteroatoms. The molecular formula is C38H33F4N3O6. The lowest BCUT2D eigenvalue weighted by Gasteiger charge is -2.23. The van der Waals surface area contributed by atoms with Crippen molar-refractivity contribution < 1.29 is 41.3 Å². The van der Waals surface area contributed by atoms with E-state index in [0.717, 1.165) is 40.2 Å². The van der Waals surface area contributed by atoms with Gasteiger partial charge in [-0.3, -0.25) is 9.59 Å². The number of ketones is 1. The summed E-state index contributed by atoms with van der Waals surface area (Å²) in [6.07, 6.45) is -1.47. The highest BCUT2D eigenvalue weighted by molar-refractivity contribution is 5.98. The molecule has 6 rings (SSSR count). The quantitative estimate of drug-likeness (QED) is 0.119. The molecule has 5 aromatic rings. The molecule has 9 nitrogen and oxygen atoms in total. The van der Waals surface area contributed by atoms with Gasteiger partial charge in [0.1, 0.15) is 30.9 Å². The van der Waals surface area contributed by atoms with Gasteiger partial charge in [-0.1, -0.05) is 42.5 Å². The number of benzene rings is 3. The Bertz CT molecular complexity index is 2080. The first-order valence-electron chi connectivity index (χ1n) is 15.9. The lowest BCUT2D eigenvalue weighted by Crippen LogP contribution is -2.33. The van der Waals surface area contributed by atoms with Crippen molar-refractivity contribution in [1.82, 2.24) is 9.55 Å². The van der Waals surface area contributed by atoms with Crippen LogP contribution in [0.2, 0.25) is 0 Å². The molecule has 1 aliphatic heterocycles. The molecule has 1 saturated heterocycles. The lowest BCUT2D eigenvalue weighted by atomic mass is 9.97. The molecule has 0 spiro atoms. The number of anilines is 1. The summed E-state index contributed by atoms with van der Waals surface area (Å²) in [5.74, 6) is 0.0887. The van der Waals surface area contributed by atoms with Crippen LogP contribution in [0.25, 0.3) is 33.4 Å². The Hall–Kier alpha value is -5.53. The van der Waals surface area contributed by atoms with Crippen LogP contribution in [0.1, 0.15) is 15.9 Å². The third-order valence-corrected chi connectivity index (χ3v) is 8.25. The Balaban J connectivity index is 1.21. The number of nitrogens with zero attached hydrogens (tertiary/aromatic N) is 2. The van der Waals surface area contributed by atoms with Crippen LogP contribution in [0.4, 0.5) is 23.4 Å². The molecule has 1 atom stereocenters. The first-order chi connectivity index (χ1) is 24.5. The first-order valence-corrected chi connectivity index (χ1v) is 15.9. The number of nitrogen functional groups attached to an aromatic ring is 1. The van der Waals surface area contributed by atoms with Gasteiger partial charge in [0.2, 0.25) is 0 Å². The van der Waals surface area contributed by atoms with E-state index in [9.17, 15) is 27.2 Å². The van der Waals surface area contributed by atoms with E-state index in [2.05, 4.69) is 4.98 Å². The number of aromatic nitrogens is 2. The number of halogens is 4. The van der Waals surface area contributed by atoms with Gasteiger partial charge in [-0.25, -0.2) is 9.37 Å². The predicted octanol–water partition coefficient (Wildman–Crippen LogP) is 6.76. The van der Waals surface area contributed by atoms with E-state index in [1.54, 1.807) is 43.6 Å². The Morgan fingerprint density at radius 2 is 1.63 bits per heavy atom. The maximum Gasteiger partial charge on any atom is 0.406 e. The van der Waals surface area contributed by atoms with E-state index < -0.39 is 35.3 Å². The van der Waals surface area contributed by atoms with E-state index in [-0.39, 0.29) is 29.5 Å². The van der Waals surface area contributed by atoms with E-state index in [1.807, 2.05) is 18.2 Å². The zero-order valence-electron chi connectivity index (χ0n) is 27.4. The molecule has 3 aromatic carbocycles. The van der Waals surface area contributed by atoms with Gasteiger partial charge in [0.05, 0.1) is 32.5 Å². The summed E-state index contributed by atoms with van der Waals surface area (Å²) < 4.78 is 76.8. The molecule has 2 N–H and O–H groups in total. The van der Waals surface area contributed by atoms with E-state index in [4.69, 9.17) is 24.7 Å². The zero-order valence-corrected chi connectivity index (χ0v) is 27.4. The molecule has 1 aliphatic rings. The topological polar surface area (TPSA) is 115 Å². The summed E-state index contributed by atoms with van der Waals surface area (Å²) in [5.41, 5.74) is 8.54. The Morgan fingerprint density at radius 3 is 2.31 bits per heavy atom. The number of hydrogen-bond acceptors (Lipinski definition) is 8. The number of carbonyl (C=O) groups is 1. The minimum Gasteiger partial charge on any atom is -0.493 e. The van der Waals surface area contributed by atoms with Gasteiger partial charge in [-0.05, 0) is 52.6 Å². The molecule has 0 aliphatic carbocycles. The van der Waals surface area contributed by atoms with E-state index in [0.29, 0.717) is 54.6 Å². The third-order valence-electron chi connectivity index (χ3n) is 8.25. The second-order valence-corrected chi connectivity index (χ2v) is 11.9. The van der Waals surface area contributed by atoms with Crippen molar-refractivity contribution in [2.24, 2.45) is 0 Å². The molecule has 0 amide bonds. The zero-order chi connectivity index (χ0) is 36.1. The molecule has 0 bridgehead atoms. The smallest absolute Gasteiger partial charge is 0.406 e. The van der Waals surface area contributed by atoms with Gasteiger partial charge < -0.3 is 29.2 Å². The largest absolute Gasteiger partial charge is 0.493 e. The number of carbonyl (C=O) groups excluding carboxylic acids is 1. The summed E-state index contributed by atoms with van der Waals surface area (Å²) in [7, 11) is 1.55. The number of pyridine rings is 2. The van der Waals surface area contributed by atoms with E-state index in [1.165, 1.54) is 12.1 Å². The van der Waals surface area contributed by atoms with Crippen molar-refractivity contribution in [3.05, 3.63) is 119 Å². The van der Waals surface area contributed by atoms with Gasteiger partial charge in [0.25, 0.3) is 0 Å². The first kappa shape index (κ1) is 35.3. The lowest BCUT2D eigenvalue weighted by molar-refractivity contribution is -0.140. The molecule has 51 heavy (non-hydrogen) atoms. The fraction of sp³-hybridized carbons (Fsp3) is 0.237. The number of ether oxygens (including phenoxy) is 4. The fourth-order valence-corrected chi connectivity index (χ4v) is 5.69. The summed E-state index contributed by atoms with van der Waals surface area (Å²) in [6, 6.07) is 18.9. The molecule has 0 radical (unpaired) electrons. The summed E-state index contributed by atoms with van der Waals surface area (Å²) in [6.45, 7) is 0.427. The molecular weight excluding hydrogens is 670 g/mol. The Kier molecular flexibility index (Phi) is 10.5. The fourth-order valence-electron chi connectivity index (χ4n) is 5.69. The number of rotatable bonds is 11. The second kappa shape index (κ2) is 15.2. The molecule has 3 heterocycles. The number of Topliss-reactive ketones (excluding diaryl/α,β-unsaturated/α-hetero) is 1. The third kappa shape index (κ3) is 8.62. The Morgan fingerprint density at radius 1 is 0.922 bits per heavy atom. The summed E-state index contributed by atoms with van der Waals surface area (Å²) in [5, 5.41) is 0. The van der Waals surface area contributed by atoms with Crippen LogP contribution in [-0.2, 0) is 22.4 Å². The average molecular weight is 704 g/mol. The van der Waals surface area contributed by atoms with Crippen molar-refractivity contribution in [2.45, 2.75) is 25.2 Å². The second-order valence-electron chi connectivity index (χ2n) is 11.9. The van der Waals surface area contributed by atoms with Crippen molar-refractivity contribution in [3.8, 4) is 44.9 Å². The maximum atomic E-state index is 13.5. The number of nitrogens with two attached hydrogens (primary N) is 1. The standard InChI is InChI=1S/C38H33F4N3O6/c1-48-35-16-26(8-11-34(35)51-21-29-20-49-12-13-50-29)27-15-30(37(43)44-17-27)24-4-2-23(3-5-24)14-33(46)32-19-45(22-38(40,41)42)18-31(36(32)47)25-6-9-28(39)10-7-25/h2-11,15-19,29H,12-14,20-22H2,1H3,(H2,43,44)/t29-/m1/s1. The van der Waals surface area contributed by atoms with Crippen LogP contribution in [0.3, 0.4) is 0 Å². The van der Waals surface area contributed by atoms with Gasteiger partial charge in [-0.15, -0.1) is 0 Å². The minimum absolute atomic E-state index is 0.146. The highest BCUT2D eigenvalue weighted by Gasteiger charge is 2.29. The normalized spacial score (nSPS) is 14.6. The average Bonchev–Trinajstić information content (AvgIpc) is 3.12. The van der Waals surface area contributed by atoms with Gasteiger partial charge in [0, 0.05) is 41.7 Å².